The topological polar surface area (TPSA) is 79.9 Å². The van der Waals surface area contributed by atoms with E-state index < -0.39 is 12.1 Å². The number of carboxylic acid groups (broad SMARTS) is 1. The van der Waals surface area contributed by atoms with Crippen molar-refractivity contribution in [3.63, 3.8) is 0 Å². The van der Waals surface area contributed by atoms with Gasteiger partial charge in [0, 0.05) is 5.39 Å². The molecule has 0 aliphatic carbocycles. The summed E-state index contributed by atoms with van der Waals surface area (Å²) in [5.41, 5.74) is 1.98. The monoisotopic (exact) mass is 354 g/mol. The van der Waals surface area contributed by atoms with Crippen molar-refractivity contribution < 1.29 is 24.2 Å². The molecule has 0 aliphatic heterocycles. The van der Waals surface area contributed by atoms with Gasteiger partial charge in [0.1, 0.15) is 29.8 Å². The van der Waals surface area contributed by atoms with E-state index in [1.165, 1.54) is 17.7 Å². The van der Waals surface area contributed by atoms with E-state index in [9.17, 15) is 9.90 Å². The van der Waals surface area contributed by atoms with Crippen LogP contribution in [-0.4, -0.2) is 22.8 Å². The van der Waals surface area contributed by atoms with Gasteiger partial charge in [0.2, 0.25) is 0 Å². The minimum Gasteiger partial charge on any atom is -0.490 e. The van der Waals surface area contributed by atoms with Crippen LogP contribution in [0.15, 0.2) is 52.9 Å². The second-order valence-corrected chi connectivity index (χ2v) is 7.31. The number of carboxylic acids is 1. The zero-order valence-electron chi connectivity index (χ0n) is 15.0. The Morgan fingerprint density at radius 1 is 1.12 bits per heavy atom. The number of benzene rings is 2. The van der Waals surface area contributed by atoms with Crippen molar-refractivity contribution >= 4 is 16.9 Å². The molecule has 3 aromatic rings. The summed E-state index contributed by atoms with van der Waals surface area (Å²) in [6, 6.07) is 14.0. The molecule has 0 fully saturated rings. The van der Waals surface area contributed by atoms with Gasteiger partial charge in [0.25, 0.3) is 0 Å². The van der Waals surface area contributed by atoms with Gasteiger partial charge in [-0.1, -0.05) is 32.9 Å². The Morgan fingerprint density at radius 3 is 2.42 bits per heavy atom. The van der Waals surface area contributed by atoms with Crippen molar-refractivity contribution in [2.45, 2.75) is 32.3 Å². The Kier molecular flexibility index (Phi) is 4.74. The standard InChI is InChI=1S/C21H22O5/c1-21(2,3)15-5-7-16(8-6-15)25-12-17(22)19-11-14-10-13(20(23)24)4-9-18(14)26-19/h4-11,17,22H,12H2,1-3H3,(H,23,24). The number of aliphatic hydroxyl groups excluding tert-OH is 1. The molecule has 3 rings (SSSR count). The van der Waals surface area contributed by atoms with Crippen LogP contribution >= 0.6 is 0 Å². The Morgan fingerprint density at radius 2 is 1.81 bits per heavy atom. The lowest BCUT2D eigenvalue weighted by Crippen LogP contribution is -2.11. The zero-order chi connectivity index (χ0) is 18.9. The highest BCUT2D eigenvalue weighted by Crippen LogP contribution is 2.27. The summed E-state index contributed by atoms with van der Waals surface area (Å²) in [7, 11) is 0. The quantitative estimate of drug-likeness (QED) is 0.703. The van der Waals surface area contributed by atoms with Gasteiger partial charge >= 0.3 is 5.97 Å². The summed E-state index contributed by atoms with van der Waals surface area (Å²) in [6.45, 7) is 6.47. The Labute approximate surface area is 151 Å². The summed E-state index contributed by atoms with van der Waals surface area (Å²) in [4.78, 5) is 11.0. The fraction of sp³-hybridized carbons (Fsp3) is 0.286. The van der Waals surface area contributed by atoms with Crippen molar-refractivity contribution in [3.8, 4) is 5.75 Å². The van der Waals surface area contributed by atoms with Crippen molar-refractivity contribution in [2.24, 2.45) is 0 Å². The largest absolute Gasteiger partial charge is 0.490 e. The predicted molar refractivity (Wildman–Crippen MR) is 98.8 cm³/mol. The van der Waals surface area contributed by atoms with E-state index in [1.807, 2.05) is 24.3 Å². The van der Waals surface area contributed by atoms with Crippen LogP contribution < -0.4 is 4.74 Å². The van der Waals surface area contributed by atoms with Crippen molar-refractivity contribution in [2.75, 3.05) is 6.61 Å². The Hall–Kier alpha value is -2.79. The molecule has 1 unspecified atom stereocenters. The normalized spacial score (nSPS) is 12.9. The lowest BCUT2D eigenvalue weighted by Gasteiger charge is -2.19. The number of carbonyl (C=O) groups is 1. The van der Waals surface area contributed by atoms with E-state index in [0.717, 1.165) is 0 Å². The Balaban J connectivity index is 1.69. The van der Waals surface area contributed by atoms with E-state index in [4.69, 9.17) is 14.3 Å². The molecule has 0 aliphatic rings. The number of aliphatic hydroxyl groups is 1. The van der Waals surface area contributed by atoms with Gasteiger partial charge in [-0.2, -0.15) is 0 Å². The molecule has 2 aromatic carbocycles. The molecule has 1 heterocycles. The molecule has 26 heavy (non-hydrogen) atoms. The molecule has 0 bridgehead atoms. The van der Waals surface area contributed by atoms with Gasteiger partial charge in [-0.05, 0) is 47.4 Å². The van der Waals surface area contributed by atoms with E-state index in [2.05, 4.69) is 20.8 Å². The third-order valence-corrected chi connectivity index (χ3v) is 4.24. The number of hydrogen-bond donors (Lipinski definition) is 2. The molecule has 1 atom stereocenters. The molecule has 0 radical (unpaired) electrons. The molecule has 0 spiro atoms. The van der Waals surface area contributed by atoms with Crippen molar-refractivity contribution in [3.05, 3.63) is 65.4 Å². The number of fused-ring (bicyclic) bond motifs is 1. The molecule has 5 heteroatoms. The van der Waals surface area contributed by atoms with Crippen LogP contribution in [0.4, 0.5) is 0 Å². The average Bonchev–Trinajstić information content (AvgIpc) is 3.02. The van der Waals surface area contributed by atoms with Gasteiger partial charge in [-0.15, -0.1) is 0 Å². The van der Waals surface area contributed by atoms with E-state index in [0.29, 0.717) is 22.5 Å². The first kappa shape index (κ1) is 18.0. The molecular weight excluding hydrogens is 332 g/mol. The number of aromatic carboxylic acids is 1. The summed E-state index contributed by atoms with van der Waals surface area (Å²) in [5.74, 6) is 0.00686. The van der Waals surface area contributed by atoms with Crippen molar-refractivity contribution in [1.82, 2.24) is 0 Å². The van der Waals surface area contributed by atoms with Crippen LogP contribution in [-0.2, 0) is 5.41 Å². The van der Waals surface area contributed by atoms with Gasteiger partial charge < -0.3 is 19.4 Å². The van der Waals surface area contributed by atoms with Gasteiger partial charge in [-0.25, -0.2) is 4.79 Å². The minimum atomic E-state index is -1.00. The van der Waals surface area contributed by atoms with Crippen LogP contribution in [0.5, 0.6) is 5.75 Å². The van der Waals surface area contributed by atoms with Crippen LogP contribution in [0, 0.1) is 0 Å². The minimum absolute atomic E-state index is 0.0421. The second kappa shape index (κ2) is 6.84. The summed E-state index contributed by atoms with van der Waals surface area (Å²) in [5, 5.41) is 20.0. The third kappa shape index (κ3) is 3.89. The maximum absolute atomic E-state index is 11.0. The van der Waals surface area contributed by atoms with Crippen LogP contribution in [0.2, 0.25) is 0 Å². The highest BCUT2D eigenvalue weighted by Gasteiger charge is 2.16. The molecule has 136 valence electrons. The summed E-state index contributed by atoms with van der Waals surface area (Å²) >= 11 is 0. The van der Waals surface area contributed by atoms with Gasteiger partial charge in [-0.3, -0.25) is 0 Å². The summed E-state index contributed by atoms with van der Waals surface area (Å²) in [6.07, 6.45) is -0.946. The fourth-order valence-electron chi connectivity index (χ4n) is 2.67. The number of rotatable bonds is 5. The maximum atomic E-state index is 11.0. The number of hydrogen-bond acceptors (Lipinski definition) is 4. The predicted octanol–water partition coefficient (Wildman–Crippen LogP) is 4.54. The highest BCUT2D eigenvalue weighted by molar-refractivity contribution is 5.93. The number of ether oxygens (including phenoxy) is 1. The SMILES string of the molecule is CC(C)(C)c1ccc(OCC(O)c2cc3cc(C(=O)O)ccc3o2)cc1. The highest BCUT2D eigenvalue weighted by atomic mass is 16.5. The van der Waals surface area contributed by atoms with Crippen LogP contribution in [0.1, 0.15) is 48.6 Å². The molecule has 2 N–H and O–H groups in total. The summed E-state index contributed by atoms with van der Waals surface area (Å²) < 4.78 is 11.2. The van der Waals surface area contributed by atoms with E-state index >= 15 is 0 Å². The maximum Gasteiger partial charge on any atom is 0.335 e. The first-order valence-electron chi connectivity index (χ1n) is 8.42. The molecule has 5 nitrogen and oxygen atoms in total. The van der Waals surface area contributed by atoms with Gasteiger partial charge in [0.05, 0.1) is 5.56 Å². The molecular formula is C21H22O5. The zero-order valence-corrected chi connectivity index (χ0v) is 15.0. The molecule has 0 amide bonds. The lowest BCUT2D eigenvalue weighted by molar-refractivity contribution is 0.0697. The molecule has 0 saturated heterocycles. The average molecular weight is 354 g/mol. The van der Waals surface area contributed by atoms with E-state index in [1.54, 1.807) is 12.1 Å². The second-order valence-electron chi connectivity index (χ2n) is 7.31. The van der Waals surface area contributed by atoms with Gasteiger partial charge in [0.15, 0.2) is 0 Å². The molecule has 1 aromatic heterocycles. The van der Waals surface area contributed by atoms with Crippen LogP contribution in [0.3, 0.4) is 0 Å². The number of furan rings is 1. The molecule has 0 saturated carbocycles. The fourth-order valence-corrected chi connectivity index (χ4v) is 2.67. The first-order chi connectivity index (χ1) is 12.2. The van der Waals surface area contributed by atoms with Crippen LogP contribution in [0.25, 0.3) is 11.0 Å². The van der Waals surface area contributed by atoms with Crippen molar-refractivity contribution in [1.29, 1.82) is 0 Å². The Bertz CT molecular complexity index is 916. The smallest absolute Gasteiger partial charge is 0.335 e. The third-order valence-electron chi connectivity index (χ3n) is 4.24. The lowest BCUT2D eigenvalue weighted by atomic mass is 9.87. The first-order valence-corrected chi connectivity index (χ1v) is 8.42. The van der Waals surface area contributed by atoms with E-state index in [-0.39, 0.29) is 17.6 Å².